The van der Waals surface area contributed by atoms with Gasteiger partial charge >= 0.3 is 0 Å². The molecule has 1 aromatic rings. The molecular weight excluding hydrogens is 212 g/mol. The quantitative estimate of drug-likeness (QED) is 0.795. The van der Waals surface area contributed by atoms with Gasteiger partial charge in [0, 0.05) is 13.0 Å². The molecule has 2 nitrogen and oxygen atoms in total. The summed E-state index contributed by atoms with van der Waals surface area (Å²) in [5, 5.41) is 0. The van der Waals surface area contributed by atoms with E-state index in [9.17, 15) is 4.79 Å². The van der Waals surface area contributed by atoms with Crippen LogP contribution in [0.25, 0.3) is 0 Å². The summed E-state index contributed by atoms with van der Waals surface area (Å²) in [6.07, 6.45) is 4.98. The van der Waals surface area contributed by atoms with Gasteiger partial charge in [0.2, 0.25) is 0 Å². The average molecular weight is 230 g/mol. The first kappa shape index (κ1) is 11.0. The maximum absolute atomic E-state index is 12.4. The minimum Gasteiger partial charge on any atom is -0.378 e. The molecule has 1 aliphatic heterocycles. The zero-order valence-electron chi connectivity index (χ0n) is 10.0. The molecule has 0 spiro atoms. The van der Waals surface area contributed by atoms with E-state index in [4.69, 9.17) is 4.74 Å². The lowest BCUT2D eigenvalue weighted by molar-refractivity contribution is -0.123. The molecule has 0 bridgehead atoms. The molecule has 1 unspecified atom stereocenters. The van der Waals surface area contributed by atoms with E-state index in [0.29, 0.717) is 12.2 Å². The molecule has 1 aliphatic carbocycles. The third kappa shape index (κ3) is 2.02. The summed E-state index contributed by atoms with van der Waals surface area (Å²) in [6, 6.07) is 10.2. The Morgan fingerprint density at radius 3 is 2.65 bits per heavy atom. The second-order valence-electron chi connectivity index (χ2n) is 5.21. The Morgan fingerprint density at radius 1 is 1.29 bits per heavy atom. The smallest absolute Gasteiger partial charge is 0.145 e. The van der Waals surface area contributed by atoms with Crippen LogP contribution in [0.1, 0.15) is 37.7 Å². The number of ketones is 1. The molecule has 0 N–H and O–H groups in total. The van der Waals surface area contributed by atoms with Gasteiger partial charge in [0.15, 0.2) is 0 Å². The van der Waals surface area contributed by atoms with Crippen molar-refractivity contribution in [2.45, 2.75) is 43.6 Å². The highest BCUT2D eigenvalue weighted by atomic mass is 16.5. The zero-order chi connectivity index (χ0) is 11.7. The molecule has 0 aromatic heterocycles. The largest absolute Gasteiger partial charge is 0.378 e. The summed E-state index contributed by atoms with van der Waals surface area (Å²) in [4.78, 5) is 12.4. The summed E-state index contributed by atoms with van der Waals surface area (Å²) in [6.45, 7) is 0.830. The van der Waals surface area contributed by atoms with Crippen molar-refractivity contribution in [3.63, 3.8) is 0 Å². The molecule has 1 saturated heterocycles. The van der Waals surface area contributed by atoms with E-state index in [1.807, 2.05) is 18.2 Å². The van der Waals surface area contributed by atoms with Crippen molar-refractivity contribution >= 4 is 5.78 Å². The van der Waals surface area contributed by atoms with E-state index in [1.165, 1.54) is 5.56 Å². The van der Waals surface area contributed by atoms with Crippen molar-refractivity contribution in [3.05, 3.63) is 35.9 Å². The van der Waals surface area contributed by atoms with Gasteiger partial charge in [-0.1, -0.05) is 30.3 Å². The van der Waals surface area contributed by atoms with Crippen molar-refractivity contribution in [2.75, 3.05) is 6.61 Å². The SMILES string of the molecule is O=C(CC1CCCO1)C1(c2ccccc2)CC1. The fourth-order valence-electron chi connectivity index (χ4n) is 2.82. The number of Topliss-reactive ketones (excluding diaryl/α,β-unsaturated/α-hetero) is 1. The van der Waals surface area contributed by atoms with Crippen LogP contribution in [-0.4, -0.2) is 18.5 Å². The summed E-state index contributed by atoms with van der Waals surface area (Å²) < 4.78 is 5.56. The monoisotopic (exact) mass is 230 g/mol. The lowest BCUT2D eigenvalue weighted by Crippen LogP contribution is -2.24. The van der Waals surface area contributed by atoms with Gasteiger partial charge in [-0.25, -0.2) is 0 Å². The van der Waals surface area contributed by atoms with Crippen LogP contribution in [-0.2, 0) is 14.9 Å². The highest BCUT2D eigenvalue weighted by Gasteiger charge is 2.50. The minimum atomic E-state index is -0.160. The number of carbonyl (C=O) groups is 1. The average Bonchev–Trinajstić information content (AvgIpc) is 3.04. The molecule has 90 valence electrons. The van der Waals surface area contributed by atoms with Crippen LogP contribution < -0.4 is 0 Å². The van der Waals surface area contributed by atoms with Gasteiger partial charge < -0.3 is 4.74 Å². The minimum absolute atomic E-state index is 0.160. The van der Waals surface area contributed by atoms with E-state index in [1.54, 1.807) is 0 Å². The summed E-state index contributed by atoms with van der Waals surface area (Å²) in [7, 11) is 0. The Labute approximate surface area is 102 Å². The maximum atomic E-state index is 12.4. The molecule has 2 fully saturated rings. The van der Waals surface area contributed by atoms with Crippen molar-refractivity contribution in [2.24, 2.45) is 0 Å². The Balaban J connectivity index is 1.72. The third-order valence-corrected chi connectivity index (χ3v) is 4.05. The van der Waals surface area contributed by atoms with Crippen LogP contribution in [0.5, 0.6) is 0 Å². The molecule has 1 heterocycles. The van der Waals surface area contributed by atoms with Gasteiger partial charge in [-0.2, -0.15) is 0 Å². The van der Waals surface area contributed by atoms with Crippen LogP contribution in [0.3, 0.4) is 0 Å². The standard InChI is InChI=1S/C15H18O2/c16-14(11-13-7-4-10-17-13)15(8-9-15)12-5-2-1-3-6-12/h1-3,5-6,13H,4,7-11H2. The summed E-state index contributed by atoms with van der Waals surface area (Å²) >= 11 is 0. The van der Waals surface area contributed by atoms with E-state index in [2.05, 4.69) is 12.1 Å². The second kappa shape index (κ2) is 4.26. The summed E-state index contributed by atoms with van der Waals surface area (Å²) in [5.74, 6) is 0.385. The van der Waals surface area contributed by atoms with Crippen molar-refractivity contribution in [3.8, 4) is 0 Å². The molecule has 17 heavy (non-hydrogen) atoms. The van der Waals surface area contributed by atoms with Gasteiger partial charge in [-0.15, -0.1) is 0 Å². The first-order valence-corrected chi connectivity index (χ1v) is 6.52. The summed E-state index contributed by atoms with van der Waals surface area (Å²) in [5.41, 5.74) is 1.04. The normalized spacial score (nSPS) is 25.8. The van der Waals surface area contributed by atoms with Gasteiger partial charge in [0.25, 0.3) is 0 Å². The molecule has 1 saturated carbocycles. The lowest BCUT2D eigenvalue weighted by atomic mass is 9.88. The molecule has 2 heteroatoms. The number of ether oxygens (including phenoxy) is 1. The van der Waals surface area contributed by atoms with Crippen LogP contribution in [0.4, 0.5) is 0 Å². The molecule has 1 aromatic carbocycles. The third-order valence-electron chi connectivity index (χ3n) is 4.05. The fourth-order valence-corrected chi connectivity index (χ4v) is 2.82. The zero-order valence-corrected chi connectivity index (χ0v) is 10.0. The number of hydrogen-bond acceptors (Lipinski definition) is 2. The van der Waals surface area contributed by atoms with Crippen LogP contribution >= 0.6 is 0 Å². The highest BCUT2D eigenvalue weighted by molar-refractivity contribution is 5.93. The molecular formula is C15H18O2. The Hall–Kier alpha value is -1.15. The second-order valence-corrected chi connectivity index (χ2v) is 5.21. The number of benzene rings is 1. The van der Waals surface area contributed by atoms with Crippen molar-refractivity contribution in [1.82, 2.24) is 0 Å². The van der Waals surface area contributed by atoms with E-state index >= 15 is 0 Å². The first-order valence-electron chi connectivity index (χ1n) is 6.52. The van der Waals surface area contributed by atoms with Gasteiger partial charge in [0.05, 0.1) is 11.5 Å². The number of rotatable bonds is 4. The predicted molar refractivity (Wildman–Crippen MR) is 66.0 cm³/mol. The topological polar surface area (TPSA) is 26.3 Å². The molecule has 3 rings (SSSR count). The Kier molecular flexibility index (Phi) is 2.75. The van der Waals surface area contributed by atoms with Gasteiger partial charge in [-0.3, -0.25) is 4.79 Å². The van der Waals surface area contributed by atoms with Crippen molar-refractivity contribution < 1.29 is 9.53 Å². The maximum Gasteiger partial charge on any atom is 0.145 e. The van der Waals surface area contributed by atoms with Crippen LogP contribution in [0.15, 0.2) is 30.3 Å². The van der Waals surface area contributed by atoms with Crippen LogP contribution in [0, 0.1) is 0 Å². The first-order chi connectivity index (χ1) is 8.31. The molecule has 0 amide bonds. The van der Waals surface area contributed by atoms with Crippen molar-refractivity contribution in [1.29, 1.82) is 0 Å². The van der Waals surface area contributed by atoms with Gasteiger partial charge in [-0.05, 0) is 31.2 Å². The number of hydrogen-bond donors (Lipinski definition) is 0. The van der Waals surface area contributed by atoms with Gasteiger partial charge in [0.1, 0.15) is 5.78 Å². The fraction of sp³-hybridized carbons (Fsp3) is 0.533. The molecule has 1 atom stereocenters. The molecule has 0 radical (unpaired) electrons. The highest BCUT2D eigenvalue weighted by Crippen LogP contribution is 2.50. The van der Waals surface area contributed by atoms with E-state index in [0.717, 1.165) is 32.3 Å². The molecule has 2 aliphatic rings. The predicted octanol–water partition coefficient (Wildman–Crippen LogP) is 2.86. The van der Waals surface area contributed by atoms with E-state index < -0.39 is 0 Å². The Morgan fingerprint density at radius 2 is 2.06 bits per heavy atom. The Bertz CT molecular complexity index is 400. The lowest BCUT2D eigenvalue weighted by Gasteiger charge is -2.16. The van der Waals surface area contributed by atoms with Crippen LogP contribution in [0.2, 0.25) is 0 Å². The number of carbonyl (C=O) groups excluding carboxylic acids is 1. The van der Waals surface area contributed by atoms with E-state index in [-0.39, 0.29) is 11.5 Å².